The van der Waals surface area contributed by atoms with E-state index < -0.39 is 0 Å². The number of hydrogen-bond donors (Lipinski definition) is 0. The van der Waals surface area contributed by atoms with Crippen LogP contribution in [0, 0.1) is 0 Å². The average Bonchev–Trinajstić information content (AvgIpc) is 2.42. The van der Waals surface area contributed by atoms with E-state index in [2.05, 4.69) is 15.2 Å². The van der Waals surface area contributed by atoms with Gasteiger partial charge in [-0.1, -0.05) is 35.3 Å². The number of nitrogens with zero attached hydrogens (tertiary/aromatic N) is 3. The summed E-state index contributed by atoms with van der Waals surface area (Å²) in [7, 11) is 0. The van der Waals surface area contributed by atoms with E-state index in [0.717, 1.165) is 11.1 Å². The Hall–Kier alpha value is -1.71. The van der Waals surface area contributed by atoms with Crippen LogP contribution in [0.4, 0.5) is 0 Å². The van der Waals surface area contributed by atoms with Gasteiger partial charge < -0.3 is 0 Å². The number of hydrogen-bond acceptors (Lipinski definition) is 3. The third-order valence-electron chi connectivity index (χ3n) is 2.12. The fraction of sp³-hybridized carbons (Fsp3) is 0. The van der Waals surface area contributed by atoms with Crippen molar-refractivity contribution in [3.63, 3.8) is 0 Å². The molecule has 1 aromatic heterocycles. The molecule has 90 valence electrons. The highest BCUT2D eigenvalue weighted by atomic mass is 35.5. The molecule has 5 heteroatoms. The van der Waals surface area contributed by atoms with Crippen molar-refractivity contribution in [3.8, 4) is 0 Å². The van der Waals surface area contributed by atoms with Crippen molar-refractivity contribution in [2.75, 3.05) is 0 Å². The Balaban J connectivity index is 2.08. The first-order valence-electron chi connectivity index (χ1n) is 5.18. The number of aromatic nitrogens is 1. The molecule has 2 rings (SSSR count). The fourth-order valence-electron chi connectivity index (χ4n) is 1.24. The monoisotopic (exact) mass is 277 g/mol. The maximum Gasteiger partial charge on any atom is 0.160 e. The van der Waals surface area contributed by atoms with Gasteiger partial charge in [0.25, 0.3) is 0 Å². The second-order valence-corrected chi connectivity index (χ2v) is 4.22. The molecule has 0 unspecified atom stereocenters. The van der Waals surface area contributed by atoms with Crippen LogP contribution in [0.25, 0.3) is 0 Å². The molecule has 3 nitrogen and oxygen atoms in total. The summed E-state index contributed by atoms with van der Waals surface area (Å²) in [4.78, 5) is 3.95. The second kappa shape index (κ2) is 6.28. The van der Waals surface area contributed by atoms with Crippen LogP contribution in [-0.2, 0) is 0 Å². The zero-order valence-corrected chi connectivity index (χ0v) is 10.8. The third-order valence-corrected chi connectivity index (χ3v) is 2.67. The Bertz CT molecular complexity index is 563. The molecule has 0 saturated heterocycles. The molecule has 0 bridgehead atoms. The highest BCUT2D eigenvalue weighted by Gasteiger charge is 1.97. The van der Waals surface area contributed by atoms with Crippen LogP contribution in [0.15, 0.2) is 59.0 Å². The topological polar surface area (TPSA) is 37.6 Å². The van der Waals surface area contributed by atoms with Crippen LogP contribution in [-0.4, -0.2) is 16.4 Å². The summed E-state index contributed by atoms with van der Waals surface area (Å²) >= 11 is 11.7. The van der Waals surface area contributed by atoms with Gasteiger partial charge in [-0.25, -0.2) is 0 Å². The summed E-state index contributed by atoms with van der Waals surface area (Å²) < 4.78 is 0. The van der Waals surface area contributed by atoms with Gasteiger partial charge >= 0.3 is 0 Å². The molecule has 0 aliphatic heterocycles. The van der Waals surface area contributed by atoms with E-state index in [9.17, 15) is 0 Å². The largest absolute Gasteiger partial charge is 0.264 e. The molecular weight excluding hydrogens is 269 g/mol. The molecule has 0 spiro atoms. The van der Waals surface area contributed by atoms with Crippen LogP contribution in [0.2, 0.25) is 5.02 Å². The highest BCUT2D eigenvalue weighted by molar-refractivity contribution is 6.69. The fourth-order valence-corrected chi connectivity index (χ4v) is 1.52. The molecule has 0 radical (unpaired) electrons. The Morgan fingerprint density at radius 3 is 2.61 bits per heavy atom. The van der Waals surface area contributed by atoms with E-state index in [1.807, 2.05) is 18.2 Å². The van der Waals surface area contributed by atoms with Crippen molar-refractivity contribution in [2.45, 2.75) is 0 Å². The summed E-state index contributed by atoms with van der Waals surface area (Å²) in [5, 5.41) is 8.78. The highest BCUT2D eigenvalue weighted by Crippen LogP contribution is 2.08. The van der Waals surface area contributed by atoms with E-state index >= 15 is 0 Å². The lowest BCUT2D eigenvalue weighted by Crippen LogP contribution is -1.90. The lowest BCUT2D eigenvalue weighted by atomic mass is 10.2. The Labute approximate surface area is 115 Å². The van der Waals surface area contributed by atoms with Crippen molar-refractivity contribution in [1.82, 2.24) is 4.98 Å². The summed E-state index contributed by atoms with van der Waals surface area (Å²) in [6.07, 6.45) is 4.91. The predicted octanol–water partition coefficient (Wildman–Crippen LogP) is 3.75. The number of rotatable bonds is 3. The van der Waals surface area contributed by atoms with Crippen LogP contribution in [0.5, 0.6) is 0 Å². The smallest absolute Gasteiger partial charge is 0.160 e. The zero-order valence-electron chi connectivity index (χ0n) is 9.29. The minimum Gasteiger partial charge on any atom is -0.264 e. The number of halogens is 2. The Morgan fingerprint density at radius 2 is 1.94 bits per heavy atom. The lowest BCUT2D eigenvalue weighted by molar-refractivity contribution is 1.25. The van der Waals surface area contributed by atoms with Crippen molar-refractivity contribution in [2.24, 2.45) is 10.2 Å². The van der Waals surface area contributed by atoms with Crippen molar-refractivity contribution < 1.29 is 0 Å². The SMILES string of the molecule is ClC(=NN=Cc1ccc(Cl)cc1)c1cccnc1. The minimum atomic E-state index is 0.299. The van der Waals surface area contributed by atoms with Gasteiger partial charge in [0.2, 0.25) is 0 Å². The van der Waals surface area contributed by atoms with Gasteiger partial charge in [0.05, 0.1) is 6.21 Å². The Kier molecular flexibility index (Phi) is 4.45. The Morgan fingerprint density at radius 1 is 1.17 bits per heavy atom. The zero-order chi connectivity index (χ0) is 12.8. The first-order valence-corrected chi connectivity index (χ1v) is 5.94. The maximum atomic E-state index is 5.97. The molecule has 0 aliphatic rings. The van der Waals surface area contributed by atoms with Gasteiger partial charge in [0.1, 0.15) is 0 Å². The van der Waals surface area contributed by atoms with Gasteiger partial charge in [-0.2, -0.15) is 5.10 Å². The summed E-state index contributed by atoms with van der Waals surface area (Å²) in [5.74, 6) is 0. The van der Waals surface area contributed by atoms with Gasteiger partial charge in [0.15, 0.2) is 5.17 Å². The van der Waals surface area contributed by atoms with Gasteiger partial charge in [0, 0.05) is 23.0 Å². The van der Waals surface area contributed by atoms with E-state index in [1.165, 1.54) is 0 Å². The first-order chi connectivity index (χ1) is 8.75. The quantitative estimate of drug-likeness (QED) is 0.622. The second-order valence-electron chi connectivity index (χ2n) is 3.43. The maximum absolute atomic E-state index is 5.97. The van der Waals surface area contributed by atoms with Gasteiger partial charge in [-0.3, -0.25) is 4.98 Å². The summed E-state index contributed by atoms with van der Waals surface area (Å²) in [6.45, 7) is 0. The van der Waals surface area contributed by atoms with Crippen molar-refractivity contribution in [1.29, 1.82) is 0 Å². The number of benzene rings is 1. The average molecular weight is 278 g/mol. The van der Waals surface area contributed by atoms with Gasteiger partial charge in [-0.05, 0) is 29.8 Å². The molecular formula is C13H9Cl2N3. The van der Waals surface area contributed by atoms with E-state index in [0.29, 0.717) is 10.2 Å². The molecule has 0 fully saturated rings. The first kappa shape index (κ1) is 12.7. The summed E-state index contributed by atoms with van der Waals surface area (Å²) in [5.41, 5.74) is 1.63. The standard InChI is InChI=1S/C13H9Cl2N3/c14-12-5-3-10(4-6-12)8-17-18-13(15)11-2-1-7-16-9-11/h1-9H. The molecule has 0 aliphatic carbocycles. The van der Waals surface area contributed by atoms with E-state index in [1.54, 1.807) is 36.8 Å². The van der Waals surface area contributed by atoms with Crippen LogP contribution < -0.4 is 0 Å². The molecule has 2 aromatic rings. The predicted molar refractivity (Wildman–Crippen MR) is 75.7 cm³/mol. The van der Waals surface area contributed by atoms with E-state index in [4.69, 9.17) is 23.2 Å². The van der Waals surface area contributed by atoms with Crippen molar-refractivity contribution >= 4 is 34.6 Å². The molecule has 0 N–H and O–H groups in total. The van der Waals surface area contributed by atoms with Crippen LogP contribution >= 0.6 is 23.2 Å². The van der Waals surface area contributed by atoms with Gasteiger partial charge in [-0.15, -0.1) is 5.10 Å². The third kappa shape index (κ3) is 3.65. The van der Waals surface area contributed by atoms with Crippen LogP contribution in [0.3, 0.4) is 0 Å². The lowest BCUT2D eigenvalue weighted by Gasteiger charge is -1.94. The molecule has 0 amide bonds. The molecule has 1 heterocycles. The minimum absolute atomic E-state index is 0.299. The van der Waals surface area contributed by atoms with Crippen molar-refractivity contribution in [3.05, 3.63) is 64.9 Å². The molecule has 18 heavy (non-hydrogen) atoms. The summed E-state index contributed by atoms with van der Waals surface area (Å²) in [6, 6.07) is 10.9. The molecule has 0 saturated carbocycles. The molecule has 0 atom stereocenters. The normalized spacial score (nSPS) is 12.0. The van der Waals surface area contributed by atoms with Crippen LogP contribution in [0.1, 0.15) is 11.1 Å². The number of pyridine rings is 1. The van der Waals surface area contributed by atoms with E-state index in [-0.39, 0.29) is 0 Å². The molecule has 1 aromatic carbocycles.